The van der Waals surface area contributed by atoms with Gasteiger partial charge < -0.3 is 15.5 Å². The quantitative estimate of drug-likeness (QED) is 0.845. The first-order chi connectivity index (χ1) is 12.5. The summed E-state index contributed by atoms with van der Waals surface area (Å²) in [6.45, 7) is 2.72. The molecule has 1 aliphatic carbocycles. The van der Waals surface area contributed by atoms with Gasteiger partial charge in [-0.3, -0.25) is 14.4 Å². The van der Waals surface area contributed by atoms with Crippen molar-refractivity contribution in [3.8, 4) is 0 Å². The molecular formula is C19H27N3O3S. The molecule has 2 heterocycles. The van der Waals surface area contributed by atoms with Crippen LogP contribution in [-0.4, -0.2) is 47.3 Å². The van der Waals surface area contributed by atoms with Gasteiger partial charge in [-0.25, -0.2) is 0 Å². The van der Waals surface area contributed by atoms with Gasteiger partial charge in [0.25, 0.3) is 5.91 Å². The molecular weight excluding hydrogens is 350 g/mol. The second kappa shape index (κ2) is 8.20. The van der Waals surface area contributed by atoms with Gasteiger partial charge in [-0.15, -0.1) is 0 Å². The topological polar surface area (TPSA) is 78.5 Å². The highest BCUT2D eigenvalue weighted by Gasteiger charge is 2.43. The lowest BCUT2D eigenvalue weighted by Gasteiger charge is -2.42. The van der Waals surface area contributed by atoms with Crippen molar-refractivity contribution in [1.29, 1.82) is 0 Å². The molecule has 2 fully saturated rings. The number of likely N-dealkylation sites (tertiary alicyclic amines) is 1. The Kier molecular flexibility index (Phi) is 5.96. The second-order valence-corrected chi connectivity index (χ2v) is 8.16. The first kappa shape index (κ1) is 18.9. The summed E-state index contributed by atoms with van der Waals surface area (Å²) in [5.41, 5.74) is -0.0306. The molecule has 1 aliphatic heterocycles. The molecule has 2 aliphatic rings. The smallest absolute Gasteiger partial charge is 0.252 e. The van der Waals surface area contributed by atoms with E-state index in [-0.39, 0.29) is 23.8 Å². The number of nitrogens with one attached hydrogen (secondary N) is 2. The predicted molar refractivity (Wildman–Crippen MR) is 101 cm³/mol. The molecule has 7 heteroatoms. The van der Waals surface area contributed by atoms with Gasteiger partial charge in [0.15, 0.2) is 0 Å². The summed E-state index contributed by atoms with van der Waals surface area (Å²) in [4.78, 5) is 38.9. The minimum absolute atomic E-state index is 0.0435. The van der Waals surface area contributed by atoms with Gasteiger partial charge in [0.1, 0.15) is 5.54 Å². The molecule has 3 amide bonds. The van der Waals surface area contributed by atoms with Crippen LogP contribution in [0.3, 0.4) is 0 Å². The molecule has 3 rings (SSSR count). The lowest BCUT2D eigenvalue weighted by molar-refractivity contribution is -0.144. The number of piperidine rings is 1. The second-order valence-electron chi connectivity index (χ2n) is 7.38. The number of rotatable bonds is 4. The Hall–Kier alpha value is -1.89. The Bertz CT molecular complexity index is 645. The van der Waals surface area contributed by atoms with Crippen LogP contribution in [0.25, 0.3) is 0 Å². The van der Waals surface area contributed by atoms with Crippen LogP contribution in [0, 0.1) is 0 Å². The Morgan fingerprint density at radius 1 is 1.15 bits per heavy atom. The van der Waals surface area contributed by atoms with Gasteiger partial charge in [0.05, 0.1) is 0 Å². The average molecular weight is 378 g/mol. The Labute approximate surface area is 158 Å². The van der Waals surface area contributed by atoms with E-state index in [0.29, 0.717) is 18.7 Å². The Balaban J connectivity index is 1.57. The lowest BCUT2D eigenvalue weighted by Crippen LogP contribution is -2.61. The SMILES string of the molecule is CC(=O)NC1(C(=O)N2CCC(NC(=O)c3ccsc3)CC2)CCCCC1. The third-order valence-electron chi connectivity index (χ3n) is 5.43. The minimum Gasteiger partial charge on any atom is -0.349 e. The average Bonchev–Trinajstić information content (AvgIpc) is 3.17. The van der Waals surface area contributed by atoms with Crippen LogP contribution in [0.1, 0.15) is 62.2 Å². The Morgan fingerprint density at radius 2 is 1.85 bits per heavy atom. The van der Waals surface area contributed by atoms with Crippen LogP contribution < -0.4 is 10.6 Å². The van der Waals surface area contributed by atoms with Gasteiger partial charge in [-0.1, -0.05) is 19.3 Å². The van der Waals surface area contributed by atoms with Crippen molar-refractivity contribution < 1.29 is 14.4 Å². The molecule has 2 N–H and O–H groups in total. The zero-order chi connectivity index (χ0) is 18.6. The van der Waals surface area contributed by atoms with E-state index in [2.05, 4.69) is 10.6 Å². The van der Waals surface area contributed by atoms with Crippen LogP contribution in [0.4, 0.5) is 0 Å². The monoisotopic (exact) mass is 377 g/mol. The first-order valence-electron chi connectivity index (χ1n) is 9.41. The third-order valence-corrected chi connectivity index (χ3v) is 6.12. The van der Waals surface area contributed by atoms with Crippen LogP contribution in [0.2, 0.25) is 0 Å². The molecule has 6 nitrogen and oxygen atoms in total. The van der Waals surface area contributed by atoms with Crippen LogP contribution >= 0.6 is 11.3 Å². The zero-order valence-corrected chi connectivity index (χ0v) is 16.1. The molecule has 142 valence electrons. The van der Waals surface area contributed by atoms with Crippen molar-refractivity contribution in [1.82, 2.24) is 15.5 Å². The van der Waals surface area contributed by atoms with Crippen molar-refractivity contribution in [2.75, 3.05) is 13.1 Å². The van der Waals surface area contributed by atoms with Crippen LogP contribution in [0.15, 0.2) is 16.8 Å². The lowest BCUT2D eigenvalue weighted by atomic mass is 9.80. The van der Waals surface area contributed by atoms with Crippen molar-refractivity contribution in [2.45, 2.75) is 63.5 Å². The zero-order valence-electron chi connectivity index (χ0n) is 15.3. The fourth-order valence-electron chi connectivity index (χ4n) is 4.08. The van der Waals surface area contributed by atoms with Crippen molar-refractivity contribution in [3.63, 3.8) is 0 Å². The molecule has 0 aromatic carbocycles. The largest absolute Gasteiger partial charge is 0.349 e. The van der Waals surface area contributed by atoms with E-state index in [9.17, 15) is 14.4 Å². The van der Waals surface area contributed by atoms with E-state index >= 15 is 0 Å². The predicted octanol–water partition coefficient (Wildman–Crippen LogP) is 2.31. The van der Waals surface area contributed by atoms with Crippen molar-refractivity contribution >= 4 is 29.1 Å². The standard InChI is InChI=1S/C19H27N3O3S/c1-14(23)21-19(8-3-2-4-9-19)18(25)22-10-5-16(6-11-22)20-17(24)15-7-12-26-13-15/h7,12-13,16H,2-6,8-11H2,1H3,(H,20,24)(H,21,23). The molecule has 0 atom stereocenters. The van der Waals surface area contributed by atoms with Crippen molar-refractivity contribution in [3.05, 3.63) is 22.4 Å². The van der Waals surface area contributed by atoms with Gasteiger partial charge in [0.2, 0.25) is 11.8 Å². The van der Waals surface area contributed by atoms with Gasteiger partial charge in [-0.2, -0.15) is 11.3 Å². The molecule has 0 unspecified atom stereocenters. The van der Waals surface area contributed by atoms with Gasteiger partial charge in [-0.05, 0) is 37.1 Å². The molecule has 1 saturated heterocycles. The summed E-state index contributed by atoms with van der Waals surface area (Å²) in [5.74, 6) is -0.133. The summed E-state index contributed by atoms with van der Waals surface area (Å²) in [7, 11) is 0. The number of nitrogens with zero attached hydrogens (tertiary/aromatic N) is 1. The summed E-state index contributed by atoms with van der Waals surface area (Å²) in [5, 5.41) is 9.75. The maximum absolute atomic E-state index is 13.2. The summed E-state index contributed by atoms with van der Waals surface area (Å²) in [6.07, 6.45) is 6.00. The maximum Gasteiger partial charge on any atom is 0.252 e. The number of carbonyl (C=O) groups excluding carboxylic acids is 3. The van der Waals surface area contributed by atoms with E-state index in [4.69, 9.17) is 0 Å². The normalized spacial score (nSPS) is 20.4. The molecule has 0 bridgehead atoms. The molecule has 0 spiro atoms. The Morgan fingerprint density at radius 3 is 2.42 bits per heavy atom. The summed E-state index contributed by atoms with van der Waals surface area (Å²) < 4.78 is 0. The molecule has 1 saturated carbocycles. The van der Waals surface area contributed by atoms with E-state index < -0.39 is 5.54 Å². The molecule has 1 aromatic heterocycles. The number of hydrogen-bond acceptors (Lipinski definition) is 4. The highest BCUT2D eigenvalue weighted by Crippen LogP contribution is 2.31. The number of hydrogen-bond donors (Lipinski definition) is 2. The van der Waals surface area contributed by atoms with E-state index in [1.807, 2.05) is 21.7 Å². The van der Waals surface area contributed by atoms with E-state index in [1.54, 1.807) is 0 Å². The first-order valence-corrected chi connectivity index (χ1v) is 10.4. The van der Waals surface area contributed by atoms with E-state index in [1.165, 1.54) is 18.3 Å². The van der Waals surface area contributed by atoms with Crippen molar-refractivity contribution in [2.24, 2.45) is 0 Å². The highest BCUT2D eigenvalue weighted by atomic mass is 32.1. The minimum atomic E-state index is -0.725. The fraction of sp³-hybridized carbons (Fsp3) is 0.632. The number of carbonyl (C=O) groups is 3. The van der Waals surface area contributed by atoms with E-state index in [0.717, 1.165) is 44.9 Å². The highest BCUT2D eigenvalue weighted by molar-refractivity contribution is 7.08. The molecule has 0 radical (unpaired) electrons. The third kappa shape index (κ3) is 4.26. The summed E-state index contributed by atoms with van der Waals surface area (Å²) in [6, 6.07) is 1.91. The summed E-state index contributed by atoms with van der Waals surface area (Å²) >= 11 is 1.51. The van der Waals surface area contributed by atoms with Gasteiger partial charge >= 0.3 is 0 Å². The number of thiophene rings is 1. The van der Waals surface area contributed by atoms with Gasteiger partial charge in [0, 0.05) is 37.0 Å². The van der Waals surface area contributed by atoms with Crippen LogP contribution in [-0.2, 0) is 9.59 Å². The number of amides is 3. The molecule has 26 heavy (non-hydrogen) atoms. The fourth-order valence-corrected chi connectivity index (χ4v) is 4.71. The maximum atomic E-state index is 13.2. The van der Waals surface area contributed by atoms with Crippen LogP contribution in [0.5, 0.6) is 0 Å². The molecule has 1 aromatic rings.